The molecule has 2 aromatic carbocycles. The first-order valence-corrected chi connectivity index (χ1v) is 8.90. The second-order valence-corrected chi connectivity index (χ2v) is 6.83. The summed E-state index contributed by atoms with van der Waals surface area (Å²) in [4.78, 5) is 26.1. The summed E-state index contributed by atoms with van der Waals surface area (Å²) in [6, 6.07) is 17.4. The van der Waals surface area contributed by atoms with Gasteiger partial charge in [0.25, 0.3) is 0 Å². The maximum absolute atomic E-state index is 12.4. The summed E-state index contributed by atoms with van der Waals surface area (Å²) in [6.07, 6.45) is 0.280. The highest BCUT2D eigenvalue weighted by molar-refractivity contribution is 5.97. The molecule has 2 amide bonds. The summed E-state index contributed by atoms with van der Waals surface area (Å²) in [5.74, 6) is 0.386. The fourth-order valence-electron chi connectivity index (χ4n) is 3.03. The molecule has 0 aromatic heterocycles. The molecule has 1 atom stereocenters. The molecule has 1 fully saturated rings. The zero-order chi connectivity index (χ0) is 18.5. The van der Waals surface area contributed by atoms with Gasteiger partial charge < -0.3 is 15.0 Å². The quantitative estimate of drug-likeness (QED) is 0.866. The third-order valence-corrected chi connectivity index (χ3v) is 4.52. The van der Waals surface area contributed by atoms with E-state index in [2.05, 4.69) is 5.32 Å². The molecule has 0 radical (unpaired) electrons. The van der Waals surface area contributed by atoms with Crippen LogP contribution in [-0.4, -0.2) is 29.3 Å². The number of amides is 2. The largest absolute Gasteiger partial charge is 0.489 e. The summed E-state index contributed by atoms with van der Waals surface area (Å²) in [6.45, 7) is 4.92. The standard InChI is InChI=1S/C21H24N2O3/c1-15(2)23-13-17(12-20(23)24)21(25)22-18-8-10-19(11-9-18)26-14-16-6-4-3-5-7-16/h3-11,15,17H,12-14H2,1-2H3,(H,22,25)/t17-/m0/s1. The predicted octanol–water partition coefficient (Wildman–Crippen LogP) is 3.46. The summed E-state index contributed by atoms with van der Waals surface area (Å²) in [7, 11) is 0. The highest BCUT2D eigenvalue weighted by Crippen LogP contribution is 2.23. The number of benzene rings is 2. The van der Waals surface area contributed by atoms with Crippen LogP contribution >= 0.6 is 0 Å². The molecule has 26 heavy (non-hydrogen) atoms. The average Bonchev–Trinajstić information content (AvgIpc) is 3.04. The molecule has 1 heterocycles. The molecule has 0 unspecified atom stereocenters. The van der Waals surface area contributed by atoms with Crippen LogP contribution in [0.2, 0.25) is 0 Å². The number of nitrogens with one attached hydrogen (secondary N) is 1. The van der Waals surface area contributed by atoms with Gasteiger partial charge in [-0.15, -0.1) is 0 Å². The highest BCUT2D eigenvalue weighted by atomic mass is 16.5. The second-order valence-electron chi connectivity index (χ2n) is 6.83. The number of rotatable bonds is 6. The van der Waals surface area contributed by atoms with E-state index < -0.39 is 0 Å². The van der Waals surface area contributed by atoms with Crippen molar-refractivity contribution in [3.63, 3.8) is 0 Å². The van der Waals surface area contributed by atoms with Gasteiger partial charge in [-0.25, -0.2) is 0 Å². The zero-order valence-corrected chi connectivity index (χ0v) is 15.1. The monoisotopic (exact) mass is 352 g/mol. The number of hydrogen-bond donors (Lipinski definition) is 1. The number of carbonyl (C=O) groups excluding carboxylic acids is 2. The van der Waals surface area contributed by atoms with Crippen molar-refractivity contribution in [3.05, 3.63) is 60.2 Å². The lowest BCUT2D eigenvalue weighted by Crippen LogP contribution is -2.33. The van der Waals surface area contributed by atoms with Gasteiger partial charge in [0, 0.05) is 24.7 Å². The molecule has 0 saturated carbocycles. The minimum atomic E-state index is -0.293. The van der Waals surface area contributed by atoms with E-state index in [1.807, 2.05) is 68.4 Å². The van der Waals surface area contributed by atoms with Gasteiger partial charge in [0.2, 0.25) is 11.8 Å². The molecule has 0 aliphatic carbocycles. The summed E-state index contributed by atoms with van der Waals surface area (Å²) < 4.78 is 5.74. The third kappa shape index (κ3) is 4.42. The SMILES string of the molecule is CC(C)N1C[C@@H](C(=O)Nc2ccc(OCc3ccccc3)cc2)CC1=O. The number of likely N-dealkylation sites (tertiary alicyclic amines) is 1. The lowest BCUT2D eigenvalue weighted by molar-refractivity contribution is -0.129. The zero-order valence-electron chi connectivity index (χ0n) is 15.1. The Bertz CT molecular complexity index is 757. The van der Waals surface area contributed by atoms with Crippen molar-refractivity contribution in [3.8, 4) is 5.75 Å². The van der Waals surface area contributed by atoms with Crippen molar-refractivity contribution in [1.82, 2.24) is 4.90 Å². The summed E-state index contributed by atoms with van der Waals surface area (Å²) >= 11 is 0. The first-order chi connectivity index (χ1) is 12.5. The van der Waals surface area contributed by atoms with Crippen LogP contribution < -0.4 is 10.1 Å². The van der Waals surface area contributed by atoms with Crippen LogP contribution in [0.25, 0.3) is 0 Å². The van der Waals surface area contributed by atoms with Gasteiger partial charge in [0.1, 0.15) is 12.4 Å². The molecule has 0 spiro atoms. The summed E-state index contributed by atoms with van der Waals surface area (Å²) in [5.41, 5.74) is 1.81. The van der Waals surface area contributed by atoms with E-state index >= 15 is 0 Å². The smallest absolute Gasteiger partial charge is 0.229 e. The normalized spacial score (nSPS) is 16.8. The molecule has 2 aromatic rings. The van der Waals surface area contributed by atoms with Crippen LogP contribution in [0.3, 0.4) is 0 Å². The Balaban J connectivity index is 1.52. The molecule has 1 aliphatic rings. The Morgan fingerprint density at radius 2 is 1.85 bits per heavy atom. The Hall–Kier alpha value is -2.82. The Labute approximate surface area is 154 Å². The van der Waals surface area contributed by atoms with Crippen molar-refractivity contribution in [2.45, 2.75) is 32.9 Å². The predicted molar refractivity (Wildman–Crippen MR) is 101 cm³/mol. The van der Waals surface area contributed by atoms with E-state index in [4.69, 9.17) is 4.74 Å². The third-order valence-electron chi connectivity index (χ3n) is 4.52. The molecule has 5 heteroatoms. The molecule has 136 valence electrons. The molecule has 3 rings (SSSR count). The molecule has 0 bridgehead atoms. The van der Waals surface area contributed by atoms with Crippen molar-refractivity contribution in [2.75, 3.05) is 11.9 Å². The number of hydrogen-bond acceptors (Lipinski definition) is 3. The van der Waals surface area contributed by atoms with Gasteiger partial charge in [-0.2, -0.15) is 0 Å². The Kier molecular flexibility index (Phi) is 5.56. The average molecular weight is 352 g/mol. The maximum atomic E-state index is 12.4. The van der Waals surface area contributed by atoms with Crippen molar-refractivity contribution in [1.29, 1.82) is 0 Å². The first kappa shape index (κ1) is 18.0. The molecule has 1 N–H and O–H groups in total. The second kappa shape index (κ2) is 8.04. The van der Waals surface area contributed by atoms with Crippen LogP contribution in [0.15, 0.2) is 54.6 Å². The minimum Gasteiger partial charge on any atom is -0.489 e. The lowest BCUT2D eigenvalue weighted by atomic mass is 10.1. The summed E-state index contributed by atoms with van der Waals surface area (Å²) in [5, 5.41) is 2.89. The Morgan fingerprint density at radius 3 is 2.46 bits per heavy atom. The van der Waals surface area contributed by atoms with Gasteiger partial charge in [0.15, 0.2) is 0 Å². The van der Waals surface area contributed by atoms with Crippen LogP contribution in [0, 0.1) is 5.92 Å². The van der Waals surface area contributed by atoms with E-state index in [-0.39, 0.29) is 30.2 Å². The minimum absolute atomic E-state index is 0.0461. The highest BCUT2D eigenvalue weighted by Gasteiger charge is 2.35. The molecule has 1 aliphatic heterocycles. The van der Waals surface area contributed by atoms with Crippen molar-refractivity contribution in [2.24, 2.45) is 5.92 Å². The van der Waals surface area contributed by atoms with Gasteiger partial charge >= 0.3 is 0 Å². The van der Waals surface area contributed by atoms with Gasteiger partial charge in [-0.3, -0.25) is 9.59 Å². The van der Waals surface area contributed by atoms with Gasteiger partial charge in [0.05, 0.1) is 5.92 Å². The van der Waals surface area contributed by atoms with E-state index in [9.17, 15) is 9.59 Å². The fraction of sp³-hybridized carbons (Fsp3) is 0.333. The van der Waals surface area contributed by atoms with Gasteiger partial charge in [-0.05, 0) is 43.7 Å². The van der Waals surface area contributed by atoms with E-state index in [0.29, 0.717) is 18.8 Å². The molecule has 5 nitrogen and oxygen atoms in total. The number of nitrogens with zero attached hydrogens (tertiary/aromatic N) is 1. The van der Waals surface area contributed by atoms with E-state index in [0.717, 1.165) is 11.3 Å². The first-order valence-electron chi connectivity index (χ1n) is 8.90. The fourth-order valence-corrected chi connectivity index (χ4v) is 3.03. The van der Waals surface area contributed by atoms with Crippen LogP contribution in [-0.2, 0) is 16.2 Å². The maximum Gasteiger partial charge on any atom is 0.229 e. The van der Waals surface area contributed by atoms with E-state index in [1.54, 1.807) is 4.90 Å². The van der Waals surface area contributed by atoms with Crippen molar-refractivity contribution >= 4 is 17.5 Å². The number of anilines is 1. The van der Waals surface area contributed by atoms with E-state index in [1.165, 1.54) is 0 Å². The number of ether oxygens (including phenoxy) is 1. The lowest BCUT2D eigenvalue weighted by Gasteiger charge is -2.20. The number of carbonyl (C=O) groups is 2. The van der Waals surface area contributed by atoms with Crippen LogP contribution in [0.1, 0.15) is 25.8 Å². The topological polar surface area (TPSA) is 58.6 Å². The van der Waals surface area contributed by atoms with Crippen LogP contribution in [0.5, 0.6) is 5.75 Å². The van der Waals surface area contributed by atoms with Gasteiger partial charge in [-0.1, -0.05) is 30.3 Å². The molecular weight excluding hydrogens is 328 g/mol. The molecular formula is C21H24N2O3. The molecule has 1 saturated heterocycles. The van der Waals surface area contributed by atoms with Crippen LogP contribution in [0.4, 0.5) is 5.69 Å². The van der Waals surface area contributed by atoms with Crippen molar-refractivity contribution < 1.29 is 14.3 Å². The Morgan fingerprint density at radius 1 is 1.15 bits per heavy atom.